The average molecular weight is 316 g/mol. The van der Waals surface area contributed by atoms with Crippen LogP contribution in [0.25, 0.3) is 0 Å². The van der Waals surface area contributed by atoms with E-state index in [0.717, 1.165) is 6.42 Å². The zero-order valence-electron chi connectivity index (χ0n) is 14.9. The van der Waals surface area contributed by atoms with Crippen LogP contribution in [0, 0.1) is 22.7 Å². The highest BCUT2D eigenvalue weighted by atomic mass is 16.5. The van der Waals surface area contributed by atoms with Crippen molar-refractivity contribution in [2.75, 3.05) is 6.61 Å². The van der Waals surface area contributed by atoms with Gasteiger partial charge in [-0.1, -0.05) is 57.5 Å². The van der Waals surface area contributed by atoms with Crippen LogP contribution in [0.1, 0.15) is 58.4 Å². The standard InChI is InChI=1S/C21H32O2/c1-20(2)12-7-13-21(3)17(18(22)10-11-19(20)21)15-23-14-16-8-5-4-6-9-16/h4-6,8-9,17-19,22H,7,10-15H2,1-3H3/t17-,18+,19+,21+/m1/s1. The van der Waals surface area contributed by atoms with Gasteiger partial charge in [0.1, 0.15) is 0 Å². The molecule has 0 saturated heterocycles. The molecule has 2 saturated carbocycles. The van der Waals surface area contributed by atoms with Crippen molar-refractivity contribution < 1.29 is 9.84 Å². The van der Waals surface area contributed by atoms with Crippen molar-refractivity contribution in [2.45, 2.75) is 65.6 Å². The van der Waals surface area contributed by atoms with Gasteiger partial charge in [-0.05, 0) is 48.0 Å². The molecule has 0 radical (unpaired) electrons. The molecule has 2 nitrogen and oxygen atoms in total. The first kappa shape index (κ1) is 17.0. The lowest BCUT2D eigenvalue weighted by atomic mass is 9.48. The molecule has 0 unspecified atom stereocenters. The van der Waals surface area contributed by atoms with Crippen LogP contribution < -0.4 is 0 Å². The van der Waals surface area contributed by atoms with Gasteiger partial charge in [0.15, 0.2) is 0 Å². The summed E-state index contributed by atoms with van der Waals surface area (Å²) in [6.45, 7) is 8.59. The molecule has 2 aliphatic carbocycles. The molecule has 0 aliphatic heterocycles. The monoisotopic (exact) mass is 316 g/mol. The molecule has 4 atom stereocenters. The van der Waals surface area contributed by atoms with E-state index in [1.54, 1.807) is 0 Å². The lowest BCUT2D eigenvalue weighted by Gasteiger charge is -2.58. The van der Waals surface area contributed by atoms with Gasteiger partial charge >= 0.3 is 0 Å². The fourth-order valence-electron chi connectivity index (χ4n) is 5.49. The second-order valence-electron chi connectivity index (χ2n) is 8.65. The lowest BCUT2D eigenvalue weighted by Crippen LogP contribution is -2.54. The Morgan fingerprint density at radius 1 is 1.09 bits per heavy atom. The molecule has 128 valence electrons. The highest BCUT2D eigenvalue weighted by molar-refractivity contribution is 5.13. The van der Waals surface area contributed by atoms with E-state index >= 15 is 0 Å². The van der Waals surface area contributed by atoms with Gasteiger partial charge in [-0.3, -0.25) is 0 Å². The van der Waals surface area contributed by atoms with E-state index in [1.807, 2.05) is 6.07 Å². The Kier molecular flexibility index (Phi) is 4.85. The van der Waals surface area contributed by atoms with Gasteiger partial charge in [0.05, 0.1) is 19.3 Å². The SMILES string of the molecule is CC1(C)CCC[C@@]2(C)[C@H](COCc3ccccc3)[C@@H](O)CC[C@@H]12. The number of benzene rings is 1. The summed E-state index contributed by atoms with van der Waals surface area (Å²) >= 11 is 0. The first-order valence-electron chi connectivity index (χ1n) is 9.23. The van der Waals surface area contributed by atoms with E-state index < -0.39 is 0 Å². The van der Waals surface area contributed by atoms with Crippen molar-refractivity contribution in [1.82, 2.24) is 0 Å². The van der Waals surface area contributed by atoms with Gasteiger partial charge in [-0.25, -0.2) is 0 Å². The third-order valence-corrected chi connectivity index (χ3v) is 6.75. The minimum atomic E-state index is -0.207. The maximum atomic E-state index is 10.7. The number of aliphatic hydroxyl groups is 1. The van der Waals surface area contributed by atoms with E-state index in [4.69, 9.17) is 4.74 Å². The number of hydrogen-bond acceptors (Lipinski definition) is 2. The largest absolute Gasteiger partial charge is 0.393 e. The van der Waals surface area contributed by atoms with Gasteiger partial charge in [0, 0.05) is 5.92 Å². The number of rotatable bonds is 4. The number of aliphatic hydroxyl groups excluding tert-OH is 1. The molecule has 2 aliphatic rings. The van der Waals surface area contributed by atoms with Crippen LogP contribution >= 0.6 is 0 Å². The molecule has 0 aromatic heterocycles. The number of fused-ring (bicyclic) bond motifs is 1. The third-order valence-electron chi connectivity index (χ3n) is 6.75. The molecule has 0 spiro atoms. The molecule has 3 rings (SSSR count). The molecular weight excluding hydrogens is 284 g/mol. The van der Waals surface area contributed by atoms with Gasteiger partial charge in [0.25, 0.3) is 0 Å². The predicted molar refractivity (Wildman–Crippen MR) is 94.1 cm³/mol. The Morgan fingerprint density at radius 2 is 1.83 bits per heavy atom. The molecule has 2 fully saturated rings. The Bertz CT molecular complexity index is 510. The second-order valence-corrected chi connectivity index (χ2v) is 8.65. The van der Waals surface area contributed by atoms with E-state index in [9.17, 15) is 5.11 Å². The van der Waals surface area contributed by atoms with Gasteiger partial charge < -0.3 is 9.84 Å². The lowest BCUT2D eigenvalue weighted by molar-refractivity contribution is -0.145. The minimum absolute atomic E-state index is 0.207. The smallest absolute Gasteiger partial charge is 0.0717 e. The van der Waals surface area contributed by atoms with Gasteiger partial charge in [-0.2, -0.15) is 0 Å². The van der Waals surface area contributed by atoms with Crippen molar-refractivity contribution in [1.29, 1.82) is 0 Å². The molecule has 2 heteroatoms. The summed E-state index contributed by atoms with van der Waals surface area (Å²) in [5, 5.41) is 10.7. The van der Waals surface area contributed by atoms with Crippen LogP contribution in [0.5, 0.6) is 0 Å². The molecule has 0 heterocycles. The Balaban J connectivity index is 1.69. The highest BCUT2D eigenvalue weighted by Gasteiger charge is 2.54. The van der Waals surface area contributed by atoms with Crippen molar-refractivity contribution in [2.24, 2.45) is 22.7 Å². The summed E-state index contributed by atoms with van der Waals surface area (Å²) in [4.78, 5) is 0. The second kappa shape index (κ2) is 6.57. The number of hydrogen-bond donors (Lipinski definition) is 1. The summed E-state index contributed by atoms with van der Waals surface area (Å²) < 4.78 is 6.05. The zero-order chi connectivity index (χ0) is 16.5. The average Bonchev–Trinajstić information content (AvgIpc) is 2.50. The van der Waals surface area contributed by atoms with Crippen LogP contribution in [0.2, 0.25) is 0 Å². The normalized spacial score (nSPS) is 36.4. The Morgan fingerprint density at radius 3 is 2.57 bits per heavy atom. The minimum Gasteiger partial charge on any atom is -0.393 e. The van der Waals surface area contributed by atoms with E-state index in [2.05, 4.69) is 45.0 Å². The van der Waals surface area contributed by atoms with Crippen molar-refractivity contribution in [3.05, 3.63) is 35.9 Å². The van der Waals surface area contributed by atoms with Gasteiger partial charge in [-0.15, -0.1) is 0 Å². The molecule has 23 heavy (non-hydrogen) atoms. The van der Waals surface area contributed by atoms with Crippen LogP contribution in [-0.2, 0) is 11.3 Å². The summed E-state index contributed by atoms with van der Waals surface area (Å²) in [6.07, 6.45) is 5.73. The summed E-state index contributed by atoms with van der Waals surface area (Å²) in [7, 11) is 0. The molecule has 1 aromatic carbocycles. The van der Waals surface area contributed by atoms with Crippen LogP contribution in [0.15, 0.2) is 30.3 Å². The van der Waals surface area contributed by atoms with Crippen molar-refractivity contribution in [3.63, 3.8) is 0 Å². The van der Waals surface area contributed by atoms with Gasteiger partial charge in [0.2, 0.25) is 0 Å². The van der Waals surface area contributed by atoms with Crippen molar-refractivity contribution in [3.8, 4) is 0 Å². The molecule has 0 amide bonds. The summed E-state index contributed by atoms with van der Waals surface area (Å²) in [6, 6.07) is 10.3. The van der Waals surface area contributed by atoms with Crippen LogP contribution in [0.3, 0.4) is 0 Å². The first-order valence-corrected chi connectivity index (χ1v) is 9.23. The molecular formula is C21H32O2. The fraction of sp³-hybridized carbons (Fsp3) is 0.714. The maximum absolute atomic E-state index is 10.7. The predicted octanol–water partition coefficient (Wildman–Crippen LogP) is 4.81. The zero-order valence-corrected chi connectivity index (χ0v) is 14.9. The molecule has 1 aromatic rings. The Hall–Kier alpha value is -0.860. The first-order chi connectivity index (χ1) is 10.9. The summed E-state index contributed by atoms with van der Waals surface area (Å²) in [5.74, 6) is 0.974. The Labute approximate surface area is 141 Å². The molecule has 0 bridgehead atoms. The third kappa shape index (κ3) is 3.34. The summed E-state index contributed by atoms with van der Waals surface area (Å²) in [5.41, 5.74) is 1.82. The number of ether oxygens (including phenoxy) is 1. The topological polar surface area (TPSA) is 29.5 Å². The quantitative estimate of drug-likeness (QED) is 0.864. The van der Waals surface area contributed by atoms with E-state index in [-0.39, 0.29) is 17.4 Å². The molecule has 1 N–H and O–H groups in total. The van der Waals surface area contributed by atoms with Crippen LogP contribution in [-0.4, -0.2) is 17.8 Å². The van der Waals surface area contributed by atoms with E-state index in [0.29, 0.717) is 24.5 Å². The fourth-order valence-corrected chi connectivity index (χ4v) is 5.49. The van der Waals surface area contributed by atoms with Crippen molar-refractivity contribution >= 4 is 0 Å². The van der Waals surface area contributed by atoms with Crippen LogP contribution in [0.4, 0.5) is 0 Å². The maximum Gasteiger partial charge on any atom is 0.0717 e. The van der Waals surface area contributed by atoms with E-state index in [1.165, 1.54) is 31.2 Å². The highest BCUT2D eigenvalue weighted by Crippen LogP contribution is 2.59.